The van der Waals surface area contributed by atoms with Gasteiger partial charge in [-0.2, -0.15) is 0 Å². The number of hydrogen-bond acceptors (Lipinski definition) is 4. The normalized spacial score (nSPS) is 11.7. The van der Waals surface area contributed by atoms with Crippen LogP contribution in [-0.4, -0.2) is 20.7 Å². The van der Waals surface area contributed by atoms with Gasteiger partial charge in [-0.3, -0.25) is 0 Å². The minimum atomic E-state index is -0.956. The summed E-state index contributed by atoms with van der Waals surface area (Å²) < 4.78 is 2.94. The van der Waals surface area contributed by atoms with Crippen LogP contribution in [0.5, 0.6) is 5.75 Å². The molecule has 0 aliphatic carbocycles. The van der Waals surface area contributed by atoms with E-state index in [9.17, 15) is 9.90 Å². The molecule has 5 nitrogen and oxygen atoms in total. The number of aromatic hydroxyl groups is 1. The molecular formula is C18H15BrN2O3S. The Bertz CT molecular complexity index is 990. The first-order valence-electron chi connectivity index (χ1n) is 7.55. The van der Waals surface area contributed by atoms with Crippen molar-refractivity contribution in [2.75, 3.05) is 0 Å². The van der Waals surface area contributed by atoms with Crippen molar-refractivity contribution in [3.8, 4) is 17.0 Å². The predicted octanol–water partition coefficient (Wildman–Crippen LogP) is 4.64. The summed E-state index contributed by atoms with van der Waals surface area (Å²) in [6.45, 7) is 2.74. The molecule has 0 aliphatic rings. The molecule has 25 heavy (non-hydrogen) atoms. The SMILES string of the molecule is CCn1c(-c2cc(O)ccc2Br)csc1=Nc1ccc(C(=O)O)cc1. The van der Waals surface area contributed by atoms with Crippen LogP contribution in [0.4, 0.5) is 5.69 Å². The Morgan fingerprint density at radius 2 is 1.96 bits per heavy atom. The number of carboxylic acid groups (broad SMARTS) is 1. The highest BCUT2D eigenvalue weighted by molar-refractivity contribution is 9.10. The lowest BCUT2D eigenvalue weighted by molar-refractivity contribution is 0.0697. The van der Waals surface area contributed by atoms with Gasteiger partial charge in [0.15, 0.2) is 4.80 Å². The Kier molecular flexibility index (Phi) is 5.06. The smallest absolute Gasteiger partial charge is 0.335 e. The molecule has 128 valence electrons. The third-order valence-electron chi connectivity index (χ3n) is 3.68. The Labute approximate surface area is 156 Å². The molecule has 3 rings (SSSR count). The summed E-state index contributed by atoms with van der Waals surface area (Å²) in [5.41, 5.74) is 2.77. The fourth-order valence-corrected chi connectivity index (χ4v) is 3.87. The fourth-order valence-electron chi connectivity index (χ4n) is 2.44. The number of phenols is 1. The summed E-state index contributed by atoms with van der Waals surface area (Å²) in [7, 11) is 0. The summed E-state index contributed by atoms with van der Waals surface area (Å²) in [5.74, 6) is -0.753. The number of carbonyl (C=O) groups is 1. The second-order valence-electron chi connectivity index (χ2n) is 5.28. The van der Waals surface area contributed by atoms with Crippen LogP contribution in [-0.2, 0) is 6.54 Å². The predicted molar refractivity (Wildman–Crippen MR) is 101 cm³/mol. The van der Waals surface area contributed by atoms with E-state index in [1.165, 1.54) is 23.5 Å². The zero-order valence-corrected chi connectivity index (χ0v) is 15.7. The molecule has 0 spiro atoms. The van der Waals surface area contributed by atoms with Gasteiger partial charge >= 0.3 is 5.97 Å². The van der Waals surface area contributed by atoms with Crippen molar-refractivity contribution in [3.63, 3.8) is 0 Å². The van der Waals surface area contributed by atoms with Gasteiger partial charge in [0.05, 0.1) is 16.9 Å². The Balaban J connectivity index is 2.08. The molecule has 1 aromatic heterocycles. The number of thiazole rings is 1. The van der Waals surface area contributed by atoms with Crippen LogP contribution in [0.15, 0.2) is 57.3 Å². The Morgan fingerprint density at radius 3 is 2.60 bits per heavy atom. The molecule has 2 N–H and O–H groups in total. The zero-order valence-electron chi connectivity index (χ0n) is 13.3. The molecule has 0 atom stereocenters. The van der Waals surface area contributed by atoms with Gasteiger partial charge in [0.2, 0.25) is 0 Å². The van der Waals surface area contributed by atoms with Crippen LogP contribution in [0, 0.1) is 0 Å². The van der Waals surface area contributed by atoms with Gasteiger partial charge < -0.3 is 14.8 Å². The van der Waals surface area contributed by atoms with Crippen molar-refractivity contribution >= 4 is 38.9 Å². The van der Waals surface area contributed by atoms with Crippen molar-refractivity contribution in [1.82, 2.24) is 4.57 Å². The van der Waals surface area contributed by atoms with Crippen molar-refractivity contribution in [2.24, 2.45) is 4.99 Å². The highest BCUT2D eigenvalue weighted by atomic mass is 79.9. The summed E-state index contributed by atoms with van der Waals surface area (Å²) in [6, 6.07) is 11.6. The molecule has 0 bridgehead atoms. The number of hydrogen-bond donors (Lipinski definition) is 2. The van der Waals surface area contributed by atoms with E-state index < -0.39 is 5.97 Å². The lowest BCUT2D eigenvalue weighted by atomic mass is 10.1. The molecule has 7 heteroatoms. The van der Waals surface area contributed by atoms with Crippen LogP contribution in [0.25, 0.3) is 11.3 Å². The summed E-state index contributed by atoms with van der Waals surface area (Å²) in [6.07, 6.45) is 0. The van der Waals surface area contributed by atoms with Crippen LogP contribution in [0.3, 0.4) is 0 Å². The molecule has 0 radical (unpaired) electrons. The third-order valence-corrected chi connectivity index (χ3v) is 5.23. The molecule has 0 saturated carbocycles. The number of aromatic nitrogens is 1. The second kappa shape index (κ2) is 7.25. The topological polar surface area (TPSA) is 74.8 Å². The van der Waals surface area contributed by atoms with Gasteiger partial charge in [-0.05, 0) is 49.4 Å². The van der Waals surface area contributed by atoms with Crippen LogP contribution >= 0.6 is 27.3 Å². The molecule has 0 saturated heterocycles. The van der Waals surface area contributed by atoms with E-state index >= 15 is 0 Å². The largest absolute Gasteiger partial charge is 0.508 e. The highest BCUT2D eigenvalue weighted by Crippen LogP contribution is 2.31. The first-order valence-corrected chi connectivity index (χ1v) is 9.22. The van der Waals surface area contributed by atoms with E-state index in [1.807, 2.05) is 18.4 Å². The molecule has 0 aliphatic heterocycles. The molecule has 2 aromatic carbocycles. The molecule has 0 amide bonds. The maximum absolute atomic E-state index is 10.9. The minimum absolute atomic E-state index is 0.204. The zero-order chi connectivity index (χ0) is 18.0. The number of carboxylic acids is 1. The first kappa shape index (κ1) is 17.4. The van der Waals surface area contributed by atoms with E-state index in [2.05, 4.69) is 25.5 Å². The van der Waals surface area contributed by atoms with E-state index in [0.717, 1.165) is 20.5 Å². The average molecular weight is 419 g/mol. The molecule has 0 unspecified atom stereocenters. The Hall–Kier alpha value is -2.38. The van der Waals surface area contributed by atoms with Crippen LogP contribution in [0.2, 0.25) is 0 Å². The standard InChI is InChI=1S/C18H15BrN2O3S/c1-2-21-16(14-9-13(22)7-8-15(14)19)10-25-18(21)20-12-5-3-11(4-6-12)17(23)24/h3-10,22H,2H2,1H3,(H,23,24). The Morgan fingerprint density at radius 1 is 1.24 bits per heavy atom. The lowest BCUT2D eigenvalue weighted by Gasteiger charge is -2.08. The fraction of sp³-hybridized carbons (Fsp3) is 0.111. The van der Waals surface area contributed by atoms with Gasteiger partial charge in [-0.15, -0.1) is 11.3 Å². The monoisotopic (exact) mass is 418 g/mol. The number of halogens is 1. The van der Waals surface area contributed by atoms with E-state index in [1.54, 1.807) is 24.3 Å². The van der Waals surface area contributed by atoms with Crippen molar-refractivity contribution in [1.29, 1.82) is 0 Å². The minimum Gasteiger partial charge on any atom is -0.508 e. The second-order valence-corrected chi connectivity index (χ2v) is 6.97. The quantitative estimate of drug-likeness (QED) is 0.647. The molecular weight excluding hydrogens is 404 g/mol. The molecule has 1 heterocycles. The number of phenolic OH excluding ortho intramolecular Hbond substituents is 1. The van der Waals surface area contributed by atoms with Gasteiger partial charge in [0.1, 0.15) is 5.75 Å². The van der Waals surface area contributed by atoms with Crippen LogP contribution < -0.4 is 4.80 Å². The lowest BCUT2D eigenvalue weighted by Crippen LogP contribution is -2.14. The first-order chi connectivity index (χ1) is 12.0. The molecule has 0 fully saturated rings. The van der Waals surface area contributed by atoms with E-state index in [0.29, 0.717) is 12.2 Å². The number of nitrogens with zero attached hydrogens (tertiary/aromatic N) is 2. The van der Waals surface area contributed by atoms with Crippen molar-refractivity contribution in [3.05, 3.63) is 62.7 Å². The van der Waals surface area contributed by atoms with Gasteiger partial charge in [-0.25, -0.2) is 9.79 Å². The number of benzene rings is 2. The number of aromatic carboxylic acids is 1. The van der Waals surface area contributed by atoms with Gasteiger partial charge in [0, 0.05) is 22.0 Å². The maximum atomic E-state index is 10.9. The van der Waals surface area contributed by atoms with Crippen molar-refractivity contribution < 1.29 is 15.0 Å². The van der Waals surface area contributed by atoms with Gasteiger partial charge in [0.25, 0.3) is 0 Å². The van der Waals surface area contributed by atoms with E-state index in [4.69, 9.17) is 5.11 Å². The summed E-state index contributed by atoms with van der Waals surface area (Å²) in [5, 5.41) is 20.7. The van der Waals surface area contributed by atoms with Crippen molar-refractivity contribution in [2.45, 2.75) is 13.5 Å². The van der Waals surface area contributed by atoms with Crippen LogP contribution in [0.1, 0.15) is 17.3 Å². The average Bonchev–Trinajstić information content (AvgIpc) is 3.00. The molecule has 3 aromatic rings. The summed E-state index contributed by atoms with van der Waals surface area (Å²) in [4.78, 5) is 16.4. The van der Waals surface area contributed by atoms with E-state index in [-0.39, 0.29) is 11.3 Å². The summed E-state index contributed by atoms with van der Waals surface area (Å²) >= 11 is 5.02. The van der Waals surface area contributed by atoms with Gasteiger partial charge in [-0.1, -0.05) is 15.9 Å². The number of rotatable bonds is 4. The third kappa shape index (κ3) is 3.67. The highest BCUT2D eigenvalue weighted by Gasteiger charge is 2.11. The maximum Gasteiger partial charge on any atom is 0.335 e.